The first kappa shape index (κ1) is 7.30. The van der Waals surface area contributed by atoms with Crippen molar-refractivity contribution < 1.29 is 8.42 Å². The van der Waals surface area contributed by atoms with Crippen molar-refractivity contribution in [1.29, 1.82) is 0 Å². The summed E-state index contributed by atoms with van der Waals surface area (Å²) in [6.45, 7) is 0. The van der Waals surface area contributed by atoms with Crippen LogP contribution in [0.4, 0.5) is 0 Å². The molecule has 0 bridgehead atoms. The fraction of sp³-hybridized carbons (Fsp3) is 0. The van der Waals surface area contributed by atoms with E-state index in [1.807, 2.05) is 6.07 Å². The smallest absolute Gasteiger partial charge is 0.188 e. The Morgan fingerprint density at radius 2 is 2.00 bits per heavy atom. The van der Waals surface area contributed by atoms with Gasteiger partial charge in [0.15, 0.2) is 15.7 Å². The van der Waals surface area contributed by atoms with E-state index < -0.39 is 10.7 Å². The molecule has 0 aliphatic heterocycles. The maximum Gasteiger partial charge on any atom is 0.188 e. The van der Waals surface area contributed by atoms with Gasteiger partial charge >= 0.3 is 0 Å². The number of aromatic amines is 1. The zero-order valence-electron chi connectivity index (χ0n) is 6.02. The van der Waals surface area contributed by atoms with Crippen LogP contribution in [0.2, 0.25) is 0 Å². The predicted molar refractivity (Wildman–Crippen MR) is 44.7 cm³/mol. The number of nitrogens with one attached hydrogen (secondary N) is 1. The van der Waals surface area contributed by atoms with E-state index in [2.05, 4.69) is 10.2 Å². The van der Waals surface area contributed by atoms with Crippen molar-refractivity contribution in [1.82, 2.24) is 10.2 Å². The molecule has 1 aromatic carbocycles. The lowest BCUT2D eigenvalue weighted by Crippen LogP contribution is -1.79. The van der Waals surface area contributed by atoms with E-state index in [-0.39, 0.29) is 5.03 Å². The van der Waals surface area contributed by atoms with Crippen LogP contribution in [0, 0.1) is 0 Å². The predicted octanol–water partition coefficient (Wildman–Crippen LogP) is 0.533. The van der Waals surface area contributed by atoms with Gasteiger partial charge in [-0.1, -0.05) is 12.1 Å². The zero-order chi connectivity index (χ0) is 8.55. The van der Waals surface area contributed by atoms with Crippen molar-refractivity contribution in [3.8, 4) is 0 Å². The molecular formula is C7H6N2O2S. The summed E-state index contributed by atoms with van der Waals surface area (Å²) in [6, 6.07) is 7.10. The standard InChI is InChI=1S/C7H6N2O2S/c10-12(11)7-5-3-1-2-4-6(5)8-9-7/h1-4,12H,(H,8,9). The molecule has 0 radical (unpaired) electrons. The van der Waals surface area contributed by atoms with Gasteiger partial charge in [0.1, 0.15) is 0 Å². The topological polar surface area (TPSA) is 62.8 Å². The molecule has 5 heteroatoms. The molecule has 0 amide bonds. The van der Waals surface area contributed by atoms with E-state index in [1.54, 1.807) is 18.2 Å². The van der Waals surface area contributed by atoms with E-state index >= 15 is 0 Å². The van der Waals surface area contributed by atoms with Crippen molar-refractivity contribution in [2.45, 2.75) is 5.03 Å². The number of benzene rings is 1. The number of thiol groups is 1. The molecule has 0 fully saturated rings. The SMILES string of the molecule is O=[SH](=O)c1n[nH]c2ccccc12. The fourth-order valence-corrected chi connectivity index (χ4v) is 1.61. The summed E-state index contributed by atoms with van der Waals surface area (Å²) in [5, 5.41) is 7.07. The molecule has 0 atom stereocenters. The molecule has 2 rings (SSSR count). The van der Waals surface area contributed by atoms with E-state index in [9.17, 15) is 8.42 Å². The van der Waals surface area contributed by atoms with Crippen LogP contribution < -0.4 is 0 Å². The van der Waals surface area contributed by atoms with Crippen LogP contribution in [-0.2, 0) is 10.7 Å². The lowest BCUT2D eigenvalue weighted by molar-refractivity contribution is 0.611. The van der Waals surface area contributed by atoms with Crippen molar-refractivity contribution >= 4 is 21.6 Å². The second-order valence-electron chi connectivity index (χ2n) is 2.35. The second kappa shape index (κ2) is 2.60. The van der Waals surface area contributed by atoms with Gasteiger partial charge in [-0.05, 0) is 12.1 Å². The largest absolute Gasteiger partial charge is 0.277 e. The molecule has 1 aromatic heterocycles. The minimum absolute atomic E-state index is 0.112. The average Bonchev–Trinajstić information content (AvgIpc) is 2.47. The molecule has 62 valence electrons. The minimum Gasteiger partial charge on any atom is -0.277 e. The molecule has 0 saturated carbocycles. The summed E-state index contributed by atoms with van der Waals surface area (Å²) in [4.78, 5) is 0. The quantitative estimate of drug-likeness (QED) is 0.632. The molecule has 0 spiro atoms. The number of H-pyrrole nitrogens is 1. The summed E-state index contributed by atoms with van der Waals surface area (Å²) in [5.74, 6) is 0. The molecule has 1 N–H and O–H groups in total. The van der Waals surface area contributed by atoms with Gasteiger partial charge in [0, 0.05) is 5.39 Å². The van der Waals surface area contributed by atoms with Crippen LogP contribution in [0.1, 0.15) is 0 Å². The van der Waals surface area contributed by atoms with E-state index in [4.69, 9.17) is 0 Å². The first-order chi connectivity index (χ1) is 5.79. The molecule has 0 unspecified atom stereocenters. The molecule has 4 nitrogen and oxygen atoms in total. The fourth-order valence-electron chi connectivity index (χ4n) is 1.09. The van der Waals surface area contributed by atoms with E-state index in [0.717, 1.165) is 5.52 Å². The normalized spacial score (nSPS) is 11.1. The number of hydrogen-bond acceptors (Lipinski definition) is 3. The molecule has 0 saturated heterocycles. The van der Waals surface area contributed by atoms with Crippen molar-refractivity contribution in [2.75, 3.05) is 0 Å². The van der Waals surface area contributed by atoms with Gasteiger partial charge in [-0.25, -0.2) is 8.42 Å². The minimum atomic E-state index is -2.60. The van der Waals surface area contributed by atoms with Gasteiger partial charge in [0.05, 0.1) is 5.52 Å². The Kier molecular flexibility index (Phi) is 1.58. The van der Waals surface area contributed by atoms with Gasteiger partial charge in [-0.3, -0.25) is 5.10 Å². The Bertz CT molecular complexity index is 479. The lowest BCUT2D eigenvalue weighted by Gasteiger charge is -1.84. The maximum atomic E-state index is 10.6. The van der Waals surface area contributed by atoms with Crippen LogP contribution >= 0.6 is 0 Å². The molecule has 0 aliphatic carbocycles. The highest BCUT2D eigenvalue weighted by atomic mass is 32.2. The summed E-state index contributed by atoms with van der Waals surface area (Å²) >= 11 is 0. The van der Waals surface area contributed by atoms with E-state index in [0.29, 0.717) is 5.39 Å². The van der Waals surface area contributed by atoms with Crippen molar-refractivity contribution in [3.63, 3.8) is 0 Å². The van der Waals surface area contributed by atoms with Crippen LogP contribution in [0.5, 0.6) is 0 Å². The number of fused-ring (bicyclic) bond motifs is 1. The molecule has 2 aromatic rings. The Morgan fingerprint density at radius 1 is 1.25 bits per heavy atom. The van der Waals surface area contributed by atoms with Crippen LogP contribution in [-0.4, -0.2) is 18.6 Å². The van der Waals surface area contributed by atoms with Crippen LogP contribution in [0.25, 0.3) is 10.9 Å². The Hall–Kier alpha value is -1.36. The summed E-state index contributed by atoms with van der Waals surface area (Å²) in [5.41, 5.74) is 0.742. The number of para-hydroxylation sites is 1. The van der Waals surface area contributed by atoms with Crippen LogP contribution in [0.3, 0.4) is 0 Å². The third kappa shape index (κ3) is 0.984. The number of hydrogen-bond donors (Lipinski definition) is 2. The highest BCUT2D eigenvalue weighted by molar-refractivity contribution is 7.72. The maximum absolute atomic E-state index is 10.6. The van der Waals surface area contributed by atoms with Gasteiger partial charge in [0.2, 0.25) is 0 Å². The first-order valence-corrected chi connectivity index (χ1v) is 4.54. The first-order valence-electron chi connectivity index (χ1n) is 3.36. The van der Waals surface area contributed by atoms with Crippen LogP contribution in [0.15, 0.2) is 29.3 Å². The number of nitrogens with zero attached hydrogens (tertiary/aromatic N) is 1. The highest BCUT2D eigenvalue weighted by Gasteiger charge is 2.05. The van der Waals surface area contributed by atoms with Crippen molar-refractivity contribution in [2.24, 2.45) is 0 Å². The Labute approximate surface area is 70.2 Å². The van der Waals surface area contributed by atoms with E-state index in [1.165, 1.54) is 0 Å². The van der Waals surface area contributed by atoms with Crippen molar-refractivity contribution in [3.05, 3.63) is 24.3 Å². The summed E-state index contributed by atoms with van der Waals surface area (Å²) < 4.78 is 21.3. The van der Waals surface area contributed by atoms with Gasteiger partial charge in [0.25, 0.3) is 0 Å². The monoisotopic (exact) mass is 182 g/mol. The summed E-state index contributed by atoms with van der Waals surface area (Å²) in [6.07, 6.45) is 0. The third-order valence-electron chi connectivity index (χ3n) is 1.62. The molecule has 0 aliphatic rings. The van der Waals surface area contributed by atoms with Gasteiger partial charge in [-0.15, -0.1) is 0 Å². The molecule has 12 heavy (non-hydrogen) atoms. The Balaban J connectivity index is 2.87. The highest BCUT2D eigenvalue weighted by Crippen LogP contribution is 2.15. The average molecular weight is 182 g/mol. The van der Waals surface area contributed by atoms with Gasteiger partial charge in [-0.2, -0.15) is 5.10 Å². The second-order valence-corrected chi connectivity index (χ2v) is 3.29. The third-order valence-corrected chi connectivity index (χ3v) is 2.31. The lowest BCUT2D eigenvalue weighted by atomic mass is 10.3. The van der Waals surface area contributed by atoms with Gasteiger partial charge < -0.3 is 0 Å². The number of rotatable bonds is 1. The molecule has 1 heterocycles. The summed E-state index contributed by atoms with van der Waals surface area (Å²) in [7, 11) is -2.60. The number of aromatic nitrogens is 2. The Morgan fingerprint density at radius 3 is 2.75 bits per heavy atom. The molecular weight excluding hydrogens is 176 g/mol. The zero-order valence-corrected chi connectivity index (χ0v) is 6.91.